The largest absolute Gasteiger partial charge is 0.338 e. The Labute approximate surface area is 85.8 Å². The summed E-state index contributed by atoms with van der Waals surface area (Å²) in [5.41, 5.74) is 0. The van der Waals surface area contributed by atoms with Crippen LogP contribution in [0.25, 0.3) is 0 Å². The molecule has 3 nitrogen and oxygen atoms in total. The Morgan fingerprint density at radius 3 is 2.50 bits per heavy atom. The number of hydrogen-bond acceptors (Lipinski definition) is 1. The van der Waals surface area contributed by atoms with Crippen LogP contribution in [-0.2, 0) is 4.79 Å². The Bertz CT molecular complexity index is 173. The van der Waals surface area contributed by atoms with Gasteiger partial charge in [0.25, 0.3) is 5.91 Å². The van der Waals surface area contributed by atoms with Crippen molar-refractivity contribution < 1.29 is 10.1 Å². The summed E-state index contributed by atoms with van der Waals surface area (Å²) in [5.74, 6) is 0.407. The fraction of sp³-hybridized carbons (Fsp3) is 0.909. The van der Waals surface area contributed by atoms with Gasteiger partial charge in [-0.1, -0.05) is 0 Å². The third-order valence-corrected chi connectivity index (χ3v) is 3.41. The average molecular weight is 197 g/mol. The number of piperidine rings is 2. The van der Waals surface area contributed by atoms with Gasteiger partial charge in [0.1, 0.15) is 0 Å². The number of quaternary nitrogens is 1. The highest BCUT2D eigenvalue weighted by Crippen LogP contribution is 2.11. The molecule has 2 N–H and O–H groups in total. The lowest BCUT2D eigenvalue weighted by Crippen LogP contribution is -2.94. The van der Waals surface area contributed by atoms with Crippen LogP contribution in [0.15, 0.2) is 0 Å². The molecule has 1 atom stereocenters. The monoisotopic (exact) mass is 197 g/mol. The lowest BCUT2D eigenvalue weighted by molar-refractivity contribution is -0.685. The summed E-state index contributed by atoms with van der Waals surface area (Å²) < 4.78 is 0. The van der Waals surface area contributed by atoms with E-state index in [2.05, 4.69) is 10.2 Å². The van der Waals surface area contributed by atoms with Crippen LogP contribution in [0.5, 0.6) is 0 Å². The van der Waals surface area contributed by atoms with E-state index < -0.39 is 0 Å². The molecule has 0 radical (unpaired) electrons. The van der Waals surface area contributed by atoms with E-state index in [1.54, 1.807) is 0 Å². The van der Waals surface area contributed by atoms with Crippen molar-refractivity contribution in [3.8, 4) is 0 Å². The zero-order valence-electron chi connectivity index (χ0n) is 8.87. The summed E-state index contributed by atoms with van der Waals surface area (Å²) in [7, 11) is 0. The van der Waals surface area contributed by atoms with Crippen molar-refractivity contribution in [1.82, 2.24) is 4.90 Å². The van der Waals surface area contributed by atoms with Gasteiger partial charge in [0.15, 0.2) is 6.04 Å². The maximum Gasteiger partial charge on any atom is 0.280 e. The third-order valence-electron chi connectivity index (χ3n) is 3.41. The summed E-state index contributed by atoms with van der Waals surface area (Å²) >= 11 is 0. The Morgan fingerprint density at radius 2 is 1.86 bits per heavy atom. The normalized spacial score (nSPS) is 28.9. The topological polar surface area (TPSA) is 36.9 Å². The van der Waals surface area contributed by atoms with Crippen molar-refractivity contribution in [1.29, 1.82) is 0 Å². The summed E-state index contributed by atoms with van der Waals surface area (Å²) in [6.07, 6.45) is 7.33. The molecule has 0 aromatic heterocycles. The van der Waals surface area contributed by atoms with Gasteiger partial charge in [-0.15, -0.1) is 0 Å². The molecule has 0 unspecified atom stereocenters. The Kier molecular flexibility index (Phi) is 3.40. The van der Waals surface area contributed by atoms with Gasteiger partial charge in [0, 0.05) is 19.5 Å². The van der Waals surface area contributed by atoms with Gasteiger partial charge in [-0.2, -0.15) is 0 Å². The van der Waals surface area contributed by atoms with E-state index in [0.29, 0.717) is 5.91 Å². The van der Waals surface area contributed by atoms with E-state index in [1.165, 1.54) is 32.1 Å². The number of nitrogens with zero attached hydrogens (tertiary/aromatic N) is 1. The van der Waals surface area contributed by atoms with Gasteiger partial charge in [-0.05, 0) is 32.1 Å². The van der Waals surface area contributed by atoms with Crippen molar-refractivity contribution >= 4 is 5.91 Å². The van der Waals surface area contributed by atoms with Gasteiger partial charge >= 0.3 is 0 Å². The molecule has 0 bridgehead atoms. The van der Waals surface area contributed by atoms with Crippen LogP contribution in [-0.4, -0.2) is 36.5 Å². The minimum absolute atomic E-state index is 0.252. The van der Waals surface area contributed by atoms with Crippen molar-refractivity contribution in [2.75, 3.05) is 19.6 Å². The van der Waals surface area contributed by atoms with Crippen LogP contribution < -0.4 is 5.32 Å². The standard InChI is InChI=1S/C11H20N2O/c14-11(10-6-2-3-7-12-10)13-8-4-1-5-9-13/h10,12H,1-9H2/p+1/t10-/m0/s1. The molecule has 0 aromatic carbocycles. The first-order valence-corrected chi connectivity index (χ1v) is 6.00. The van der Waals surface area contributed by atoms with Gasteiger partial charge in [-0.25, -0.2) is 0 Å². The quantitative estimate of drug-likeness (QED) is 0.636. The number of nitrogens with two attached hydrogens (primary N) is 1. The van der Waals surface area contributed by atoms with Crippen molar-refractivity contribution in [2.24, 2.45) is 0 Å². The van der Waals surface area contributed by atoms with E-state index >= 15 is 0 Å². The number of hydrogen-bond donors (Lipinski definition) is 1. The fourth-order valence-electron chi connectivity index (χ4n) is 2.52. The van der Waals surface area contributed by atoms with Gasteiger partial charge in [-0.3, -0.25) is 4.79 Å². The molecule has 2 aliphatic heterocycles. The predicted octanol–water partition coefficient (Wildman–Crippen LogP) is 0.115. The molecule has 2 rings (SSSR count). The zero-order valence-corrected chi connectivity index (χ0v) is 8.87. The summed E-state index contributed by atoms with van der Waals surface area (Å²) in [4.78, 5) is 14.1. The molecule has 2 saturated heterocycles. The van der Waals surface area contributed by atoms with Crippen LogP contribution in [0.2, 0.25) is 0 Å². The Morgan fingerprint density at radius 1 is 1.07 bits per heavy atom. The summed E-state index contributed by atoms with van der Waals surface area (Å²) in [5, 5.41) is 2.24. The first-order chi connectivity index (χ1) is 6.88. The first-order valence-electron chi connectivity index (χ1n) is 6.00. The molecule has 2 aliphatic rings. The predicted molar refractivity (Wildman–Crippen MR) is 54.9 cm³/mol. The van der Waals surface area contributed by atoms with Gasteiger partial charge < -0.3 is 10.2 Å². The lowest BCUT2D eigenvalue weighted by atomic mass is 10.0. The van der Waals surface area contributed by atoms with Gasteiger partial charge in [0.2, 0.25) is 0 Å². The van der Waals surface area contributed by atoms with E-state index in [1.807, 2.05) is 0 Å². The zero-order chi connectivity index (χ0) is 9.80. The number of rotatable bonds is 1. The van der Waals surface area contributed by atoms with E-state index in [0.717, 1.165) is 26.1 Å². The lowest BCUT2D eigenvalue weighted by Gasteiger charge is -2.30. The SMILES string of the molecule is O=C([C@@H]1CCCC[NH2+]1)N1CCCCC1. The number of carbonyl (C=O) groups is 1. The molecule has 0 spiro atoms. The van der Waals surface area contributed by atoms with Crippen molar-refractivity contribution in [3.05, 3.63) is 0 Å². The molecule has 2 heterocycles. The van der Waals surface area contributed by atoms with Crippen LogP contribution in [0, 0.1) is 0 Å². The van der Waals surface area contributed by atoms with Crippen molar-refractivity contribution in [2.45, 2.75) is 44.6 Å². The van der Waals surface area contributed by atoms with Crippen LogP contribution in [0.4, 0.5) is 0 Å². The molecule has 80 valence electrons. The molecular weight excluding hydrogens is 176 g/mol. The Hall–Kier alpha value is -0.570. The van der Waals surface area contributed by atoms with Gasteiger partial charge in [0.05, 0.1) is 6.54 Å². The maximum atomic E-state index is 12.0. The summed E-state index contributed by atoms with van der Waals surface area (Å²) in [6, 6.07) is 0.252. The number of amides is 1. The highest BCUT2D eigenvalue weighted by molar-refractivity contribution is 5.80. The van der Waals surface area contributed by atoms with E-state index in [9.17, 15) is 4.79 Å². The minimum Gasteiger partial charge on any atom is -0.338 e. The highest BCUT2D eigenvalue weighted by atomic mass is 16.2. The smallest absolute Gasteiger partial charge is 0.280 e. The highest BCUT2D eigenvalue weighted by Gasteiger charge is 2.29. The molecule has 1 amide bonds. The molecule has 0 aliphatic carbocycles. The molecule has 0 saturated carbocycles. The molecule has 3 heteroatoms. The third kappa shape index (κ3) is 2.27. The second kappa shape index (κ2) is 4.78. The number of likely N-dealkylation sites (tertiary alicyclic amines) is 1. The molecular formula is C11H21N2O+. The Balaban J connectivity index is 1.85. The minimum atomic E-state index is 0.252. The molecule has 2 fully saturated rings. The van der Waals surface area contributed by atoms with Crippen LogP contribution in [0.1, 0.15) is 38.5 Å². The van der Waals surface area contributed by atoms with Crippen LogP contribution >= 0.6 is 0 Å². The average Bonchev–Trinajstić information content (AvgIpc) is 2.30. The van der Waals surface area contributed by atoms with E-state index in [4.69, 9.17) is 0 Å². The molecule has 0 aromatic rings. The fourth-order valence-corrected chi connectivity index (χ4v) is 2.52. The second-order valence-corrected chi connectivity index (χ2v) is 4.51. The maximum absolute atomic E-state index is 12.0. The van der Waals surface area contributed by atoms with Crippen LogP contribution in [0.3, 0.4) is 0 Å². The molecule has 14 heavy (non-hydrogen) atoms. The number of carbonyl (C=O) groups excluding carboxylic acids is 1. The second-order valence-electron chi connectivity index (χ2n) is 4.51. The van der Waals surface area contributed by atoms with Crippen molar-refractivity contribution in [3.63, 3.8) is 0 Å². The first kappa shape index (κ1) is 9.97. The van der Waals surface area contributed by atoms with E-state index in [-0.39, 0.29) is 6.04 Å². The summed E-state index contributed by atoms with van der Waals surface area (Å²) in [6.45, 7) is 3.15.